The zero-order chi connectivity index (χ0) is 18.5. The SMILES string of the molecule is CC(=O)c1c[nH]c(C(=O)OCc2csc(COc3ccc(Cl)cc3)n2)c1. The Morgan fingerprint density at radius 2 is 2.00 bits per heavy atom. The van der Waals surface area contributed by atoms with E-state index in [0.29, 0.717) is 28.6 Å². The van der Waals surface area contributed by atoms with Crippen LogP contribution in [0.1, 0.15) is 38.5 Å². The molecule has 134 valence electrons. The lowest BCUT2D eigenvalue weighted by Gasteiger charge is -2.03. The van der Waals surface area contributed by atoms with Crippen LogP contribution in [0.3, 0.4) is 0 Å². The van der Waals surface area contributed by atoms with Crippen molar-refractivity contribution in [2.24, 2.45) is 0 Å². The number of hydrogen-bond acceptors (Lipinski definition) is 6. The Bertz CT molecular complexity index is 917. The van der Waals surface area contributed by atoms with Gasteiger partial charge in [-0.1, -0.05) is 11.6 Å². The molecule has 1 aromatic carbocycles. The number of aromatic nitrogens is 2. The summed E-state index contributed by atoms with van der Waals surface area (Å²) in [7, 11) is 0. The van der Waals surface area contributed by atoms with Crippen LogP contribution in [0.15, 0.2) is 41.9 Å². The molecule has 0 aliphatic rings. The number of ether oxygens (including phenoxy) is 2. The number of H-pyrrole nitrogens is 1. The van der Waals surface area contributed by atoms with Crippen LogP contribution in [0.5, 0.6) is 5.75 Å². The number of nitrogens with zero attached hydrogens (tertiary/aromatic N) is 1. The van der Waals surface area contributed by atoms with Crippen molar-refractivity contribution < 1.29 is 19.1 Å². The van der Waals surface area contributed by atoms with E-state index in [1.54, 1.807) is 24.3 Å². The zero-order valence-electron chi connectivity index (χ0n) is 13.8. The summed E-state index contributed by atoms with van der Waals surface area (Å²) < 4.78 is 10.8. The van der Waals surface area contributed by atoms with Crippen molar-refractivity contribution in [2.75, 3.05) is 0 Å². The number of rotatable bonds is 7. The molecular weight excluding hydrogens is 376 g/mol. The van der Waals surface area contributed by atoms with Crippen molar-refractivity contribution in [3.8, 4) is 5.75 Å². The Hall–Kier alpha value is -2.64. The molecule has 6 nitrogen and oxygen atoms in total. The molecule has 0 bridgehead atoms. The van der Waals surface area contributed by atoms with Crippen molar-refractivity contribution in [1.29, 1.82) is 0 Å². The van der Waals surface area contributed by atoms with E-state index in [2.05, 4.69) is 9.97 Å². The van der Waals surface area contributed by atoms with Gasteiger partial charge >= 0.3 is 5.97 Å². The largest absolute Gasteiger partial charge is 0.486 e. The highest BCUT2D eigenvalue weighted by Crippen LogP contribution is 2.18. The van der Waals surface area contributed by atoms with E-state index in [1.807, 2.05) is 5.38 Å². The molecule has 2 heterocycles. The highest BCUT2D eigenvalue weighted by molar-refractivity contribution is 7.09. The molecule has 3 aromatic rings. The summed E-state index contributed by atoms with van der Waals surface area (Å²) in [5, 5.41) is 3.22. The second-order valence-corrected chi connectivity index (χ2v) is 6.79. The zero-order valence-corrected chi connectivity index (χ0v) is 15.4. The minimum atomic E-state index is -0.538. The van der Waals surface area contributed by atoms with Crippen LogP contribution in [0.4, 0.5) is 0 Å². The molecule has 0 amide bonds. The maximum Gasteiger partial charge on any atom is 0.355 e. The minimum Gasteiger partial charge on any atom is -0.486 e. The van der Waals surface area contributed by atoms with Crippen LogP contribution in [-0.2, 0) is 18.0 Å². The summed E-state index contributed by atoms with van der Waals surface area (Å²) in [5.74, 6) is 0.0418. The second-order valence-electron chi connectivity index (χ2n) is 5.41. The third-order valence-electron chi connectivity index (χ3n) is 3.44. The van der Waals surface area contributed by atoms with Gasteiger partial charge in [0.05, 0.1) is 5.69 Å². The molecule has 8 heteroatoms. The average Bonchev–Trinajstić information content (AvgIpc) is 3.29. The number of halogens is 1. The minimum absolute atomic E-state index is 0.0463. The summed E-state index contributed by atoms with van der Waals surface area (Å²) in [5.41, 5.74) is 1.31. The average molecular weight is 391 g/mol. The lowest BCUT2D eigenvalue weighted by Crippen LogP contribution is -2.06. The van der Waals surface area contributed by atoms with Gasteiger partial charge in [0, 0.05) is 22.2 Å². The van der Waals surface area contributed by atoms with Crippen LogP contribution in [0.25, 0.3) is 0 Å². The highest BCUT2D eigenvalue weighted by atomic mass is 35.5. The first-order valence-electron chi connectivity index (χ1n) is 7.69. The molecule has 3 rings (SSSR count). The van der Waals surface area contributed by atoms with Gasteiger partial charge in [-0.25, -0.2) is 9.78 Å². The number of carbonyl (C=O) groups is 2. The molecular formula is C18H15ClN2O4S. The maximum absolute atomic E-state index is 12.0. The lowest BCUT2D eigenvalue weighted by molar-refractivity contribution is 0.0462. The molecule has 0 aliphatic heterocycles. The Morgan fingerprint density at radius 3 is 2.69 bits per heavy atom. The summed E-state index contributed by atoms with van der Waals surface area (Å²) in [6.07, 6.45) is 1.48. The number of thiazole rings is 1. The second kappa shape index (κ2) is 8.16. The number of nitrogens with one attached hydrogen (secondary N) is 1. The van der Waals surface area contributed by atoms with Crippen molar-refractivity contribution in [2.45, 2.75) is 20.1 Å². The molecule has 26 heavy (non-hydrogen) atoms. The van der Waals surface area contributed by atoms with E-state index in [4.69, 9.17) is 21.1 Å². The quantitative estimate of drug-likeness (QED) is 0.481. The van der Waals surface area contributed by atoms with Gasteiger partial charge in [0.2, 0.25) is 0 Å². The summed E-state index contributed by atoms with van der Waals surface area (Å²) in [6.45, 7) is 1.80. The van der Waals surface area contributed by atoms with E-state index in [0.717, 1.165) is 5.01 Å². The first kappa shape index (κ1) is 18.2. The summed E-state index contributed by atoms with van der Waals surface area (Å²) in [4.78, 5) is 30.3. The molecule has 0 radical (unpaired) electrons. The van der Waals surface area contributed by atoms with Gasteiger partial charge in [0.1, 0.15) is 29.7 Å². The third kappa shape index (κ3) is 4.71. The maximum atomic E-state index is 12.0. The number of Topliss-reactive ketones (excluding diaryl/α,β-unsaturated/α-hetero) is 1. The van der Waals surface area contributed by atoms with Crippen LogP contribution in [0.2, 0.25) is 5.02 Å². The number of benzene rings is 1. The molecule has 0 saturated heterocycles. The van der Waals surface area contributed by atoms with Gasteiger partial charge in [-0.2, -0.15) is 0 Å². The topological polar surface area (TPSA) is 81.3 Å². The van der Waals surface area contributed by atoms with Crippen LogP contribution < -0.4 is 4.74 Å². The van der Waals surface area contributed by atoms with Crippen molar-refractivity contribution in [3.05, 3.63) is 68.9 Å². The fourth-order valence-electron chi connectivity index (χ4n) is 2.09. The first-order valence-corrected chi connectivity index (χ1v) is 8.95. The molecule has 0 saturated carbocycles. The fourth-order valence-corrected chi connectivity index (χ4v) is 2.91. The fraction of sp³-hybridized carbons (Fsp3) is 0.167. The molecule has 2 aromatic heterocycles. The van der Waals surface area contributed by atoms with Gasteiger partial charge in [-0.3, -0.25) is 4.79 Å². The number of esters is 1. The molecule has 0 fully saturated rings. The Labute approximate surface area is 158 Å². The van der Waals surface area contributed by atoms with E-state index >= 15 is 0 Å². The number of aromatic amines is 1. The molecule has 1 N–H and O–H groups in total. The van der Waals surface area contributed by atoms with E-state index in [1.165, 1.54) is 30.5 Å². The van der Waals surface area contributed by atoms with Crippen molar-refractivity contribution >= 4 is 34.7 Å². The predicted molar refractivity (Wildman–Crippen MR) is 97.8 cm³/mol. The standard InChI is InChI=1S/C18H15ClN2O4S/c1-11(22)12-6-16(20-7-12)18(23)25-8-14-10-26-17(21-14)9-24-15-4-2-13(19)3-5-15/h2-7,10,20H,8-9H2,1H3. The van der Waals surface area contributed by atoms with Crippen LogP contribution in [0, 0.1) is 0 Å². The van der Waals surface area contributed by atoms with Gasteiger partial charge in [-0.15, -0.1) is 11.3 Å². The predicted octanol–water partition coefficient (Wildman–Crippen LogP) is 4.26. The van der Waals surface area contributed by atoms with Gasteiger partial charge in [-0.05, 0) is 37.3 Å². The molecule has 0 atom stereocenters. The molecule has 0 aliphatic carbocycles. The number of hydrogen-bond donors (Lipinski definition) is 1. The van der Waals surface area contributed by atoms with Crippen molar-refractivity contribution in [3.63, 3.8) is 0 Å². The van der Waals surface area contributed by atoms with Crippen LogP contribution >= 0.6 is 22.9 Å². The number of carbonyl (C=O) groups excluding carboxylic acids is 2. The van der Waals surface area contributed by atoms with Gasteiger partial charge in [0.15, 0.2) is 5.78 Å². The Balaban J connectivity index is 1.50. The Morgan fingerprint density at radius 1 is 1.23 bits per heavy atom. The number of ketones is 1. The molecule has 0 unspecified atom stereocenters. The van der Waals surface area contributed by atoms with E-state index in [9.17, 15) is 9.59 Å². The smallest absolute Gasteiger partial charge is 0.355 e. The van der Waals surface area contributed by atoms with E-state index < -0.39 is 5.97 Å². The van der Waals surface area contributed by atoms with E-state index in [-0.39, 0.29) is 18.1 Å². The monoisotopic (exact) mass is 390 g/mol. The Kier molecular flexibility index (Phi) is 5.70. The molecule has 0 spiro atoms. The van der Waals surface area contributed by atoms with Crippen LogP contribution in [-0.4, -0.2) is 21.7 Å². The lowest BCUT2D eigenvalue weighted by atomic mass is 10.2. The summed E-state index contributed by atoms with van der Waals surface area (Å²) in [6, 6.07) is 8.54. The summed E-state index contributed by atoms with van der Waals surface area (Å²) >= 11 is 7.25. The third-order valence-corrected chi connectivity index (χ3v) is 4.56. The highest BCUT2D eigenvalue weighted by Gasteiger charge is 2.13. The normalized spacial score (nSPS) is 10.5. The van der Waals surface area contributed by atoms with Crippen molar-refractivity contribution in [1.82, 2.24) is 9.97 Å². The van der Waals surface area contributed by atoms with Gasteiger partial charge in [0.25, 0.3) is 0 Å². The first-order chi connectivity index (χ1) is 12.5. The van der Waals surface area contributed by atoms with Gasteiger partial charge < -0.3 is 14.5 Å².